The Morgan fingerprint density at radius 3 is 2.65 bits per heavy atom. The molecule has 0 bridgehead atoms. The minimum atomic E-state index is -3.42. The molecule has 3 atom stereocenters. The van der Waals surface area contributed by atoms with Crippen LogP contribution in [0.1, 0.15) is 44.7 Å². The number of sulfonamides is 1. The normalized spacial score (nSPS) is 24.8. The summed E-state index contributed by atoms with van der Waals surface area (Å²) in [5, 5.41) is 3.12. The summed E-state index contributed by atoms with van der Waals surface area (Å²) in [5.74, 6) is 0.421. The smallest absolute Gasteiger partial charge is 0.240 e. The Morgan fingerprint density at radius 2 is 2.05 bits per heavy atom. The van der Waals surface area contributed by atoms with Gasteiger partial charge in [-0.15, -0.1) is 0 Å². The fourth-order valence-electron chi connectivity index (χ4n) is 2.71. The van der Waals surface area contributed by atoms with Gasteiger partial charge in [0.1, 0.15) is 0 Å². The van der Waals surface area contributed by atoms with E-state index in [0.717, 1.165) is 24.8 Å². The fraction of sp³-hybridized carbons (Fsp3) is 0.600. The van der Waals surface area contributed by atoms with Crippen LogP contribution in [0.15, 0.2) is 29.2 Å². The van der Waals surface area contributed by atoms with Gasteiger partial charge in [0.05, 0.1) is 4.90 Å². The molecule has 5 heteroatoms. The summed E-state index contributed by atoms with van der Waals surface area (Å²) in [4.78, 5) is 0.358. The van der Waals surface area contributed by atoms with E-state index in [-0.39, 0.29) is 12.1 Å². The van der Waals surface area contributed by atoms with Crippen LogP contribution in [0, 0.1) is 5.92 Å². The zero-order valence-corrected chi connectivity index (χ0v) is 13.2. The summed E-state index contributed by atoms with van der Waals surface area (Å²) < 4.78 is 27.8. The minimum absolute atomic E-state index is 0.0744. The van der Waals surface area contributed by atoms with E-state index >= 15 is 0 Å². The Labute approximate surface area is 122 Å². The number of hydrogen-bond donors (Lipinski definition) is 2. The Bertz CT molecular complexity index is 557. The lowest BCUT2D eigenvalue weighted by Gasteiger charge is -2.18. The monoisotopic (exact) mass is 296 g/mol. The molecule has 1 aliphatic carbocycles. The van der Waals surface area contributed by atoms with E-state index in [1.54, 1.807) is 18.2 Å². The molecule has 4 nitrogen and oxygen atoms in total. The van der Waals surface area contributed by atoms with Crippen LogP contribution in [0.4, 0.5) is 0 Å². The van der Waals surface area contributed by atoms with Crippen LogP contribution in [0.5, 0.6) is 0 Å². The molecule has 0 aromatic heterocycles. The molecule has 0 spiro atoms. The lowest BCUT2D eigenvalue weighted by molar-refractivity contribution is 0.476. The van der Waals surface area contributed by atoms with E-state index in [1.165, 1.54) is 0 Å². The molecule has 3 unspecified atom stereocenters. The highest BCUT2D eigenvalue weighted by atomic mass is 32.2. The van der Waals surface area contributed by atoms with Crippen molar-refractivity contribution in [1.82, 2.24) is 10.0 Å². The number of hydrogen-bond acceptors (Lipinski definition) is 3. The summed E-state index contributed by atoms with van der Waals surface area (Å²) >= 11 is 0. The third kappa shape index (κ3) is 3.40. The van der Waals surface area contributed by atoms with Crippen molar-refractivity contribution in [3.8, 4) is 0 Å². The zero-order chi connectivity index (χ0) is 14.8. The molecule has 0 heterocycles. The SMILES string of the molecule is CNC(C)c1cccc(S(=O)(=O)NC2CCCC2C)c1. The summed E-state index contributed by atoms with van der Waals surface area (Å²) in [5.41, 5.74) is 0.981. The Kier molecular flexibility index (Phi) is 4.83. The van der Waals surface area contributed by atoms with E-state index < -0.39 is 10.0 Å². The van der Waals surface area contributed by atoms with Gasteiger partial charge in [-0.3, -0.25) is 0 Å². The predicted octanol–water partition coefficient (Wildman–Crippen LogP) is 2.43. The van der Waals surface area contributed by atoms with Gasteiger partial charge in [0.15, 0.2) is 0 Å². The van der Waals surface area contributed by atoms with Crippen LogP contribution in [-0.2, 0) is 10.0 Å². The van der Waals surface area contributed by atoms with Crippen LogP contribution in [0.2, 0.25) is 0 Å². The first-order valence-electron chi connectivity index (χ1n) is 7.23. The van der Waals surface area contributed by atoms with E-state index in [0.29, 0.717) is 10.8 Å². The third-order valence-electron chi connectivity index (χ3n) is 4.27. The molecule has 2 N–H and O–H groups in total. The van der Waals surface area contributed by atoms with Gasteiger partial charge in [0.25, 0.3) is 0 Å². The highest BCUT2D eigenvalue weighted by Gasteiger charge is 2.28. The molecule has 1 aromatic rings. The van der Waals surface area contributed by atoms with E-state index in [2.05, 4.69) is 17.0 Å². The summed E-state index contributed by atoms with van der Waals surface area (Å²) in [6.07, 6.45) is 3.14. The average molecular weight is 296 g/mol. The fourth-order valence-corrected chi connectivity index (χ4v) is 4.14. The average Bonchev–Trinajstić information content (AvgIpc) is 2.83. The minimum Gasteiger partial charge on any atom is -0.313 e. The zero-order valence-electron chi connectivity index (χ0n) is 12.4. The topological polar surface area (TPSA) is 58.2 Å². The van der Waals surface area contributed by atoms with Gasteiger partial charge in [-0.25, -0.2) is 13.1 Å². The van der Waals surface area contributed by atoms with Crippen LogP contribution in [-0.4, -0.2) is 21.5 Å². The summed E-state index contributed by atoms with van der Waals surface area (Å²) in [7, 11) is -1.55. The highest BCUT2D eigenvalue weighted by Crippen LogP contribution is 2.26. The van der Waals surface area contributed by atoms with Crippen molar-refractivity contribution in [2.24, 2.45) is 5.92 Å². The molecular weight excluding hydrogens is 272 g/mol. The molecule has 20 heavy (non-hydrogen) atoms. The van der Waals surface area contributed by atoms with Gasteiger partial charge >= 0.3 is 0 Å². The molecule has 112 valence electrons. The number of rotatable bonds is 5. The lowest BCUT2D eigenvalue weighted by Crippen LogP contribution is -2.36. The predicted molar refractivity (Wildman–Crippen MR) is 81.0 cm³/mol. The summed E-state index contributed by atoms with van der Waals surface area (Å²) in [6.45, 7) is 4.12. The van der Waals surface area contributed by atoms with Gasteiger partial charge < -0.3 is 5.32 Å². The molecule has 0 saturated heterocycles. The summed E-state index contributed by atoms with van der Waals surface area (Å²) in [6, 6.07) is 7.37. The molecular formula is C15H24N2O2S. The molecule has 1 aliphatic rings. The van der Waals surface area contributed by atoms with Crippen LogP contribution in [0.25, 0.3) is 0 Å². The maximum Gasteiger partial charge on any atom is 0.240 e. The standard InChI is InChI=1S/C15H24N2O2S/c1-11-6-4-9-15(11)17-20(18,19)14-8-5-7-13(10-14)12(2)16-3/h5,7-8,10-12,15-17H,4,6,9H2,1-3H3. The van der Waals surface area contributed by atoms with Gasteiger partial charge in [-0.2, -0.15) is 0 Å². The second-order valence-electron chi connectivity index (χ2n) is 5.72. The van der Waals surface area contributed by atoms with Crippen molar-refractivity contribution in [3.05, 3.63) is 29.8 Å². The molecule has 0 aliphatic heterocycles. The molecule has 2 rings (SSSR count). The van der Waals surface area contributed by atoms with Crippen LogP contribution in [0.3, 0.4) is 0 Å². The van der Waals surface area contributed by atoms with Gasteiger partial charge in [0.2, 0.25) is 10.0 Å². The largest absolute Gasteiger partial charge is 0.313 e. The second kappa shape index (κ2) is 6.24. The van der Waals surface area contributed by atoms with E-state index in [9.17, 15) is 8.42 Å². The first-order chi connectivity index (χ1) is 9.44. The number of nitrogens with one attached hydrogen (secondary N) is 2. The van der Waals surface area contributed by atoms with E-state index in [4.69, 9.17) is 0 Å². The van der Waals surface area contributed by atoms with E-state index in [1.807, 2.05) is 20.0 Å². The highest BCUT2D eigenvalue weighted by molar-refractivity contribution is 7.89. The second-order valence-corrected chi connectivity index (χ2v) is 7.43. The Morgan fingerprint density at radius 1 is 1.30 bits per heavy atom. The maximum absolute atomic E-state index is 12.5. The Hall–Kier alpha value is -0.910. The van der Waals surface area contributed by atoms with Crippen LogP contribution >= 0.6 is 0 Å². The van der Waals surface area contributed by atoms with Crippen molar-refractivity contribution >= 4 is 10.0 Å². The van der Waals surface area contributed by atoms with Crippen molar-refractivity contribution in [2.75, 3.05) is 7.05 Å². The van der Waals surface area contributed by atoms with Crippen LogP contribution < -0.4 is 10.0 Å². The van der Waals surface area contributed by atoms with Crippen molar-refractivity contribution in [3.63, 3.8) is 0 Å². The first kappa shape index (κ1) is 15.5. The van der Waals surface area contributed by atoms with Gasteiger partial charge in [0, 0.05) is 12.1 Å². The first-order valence-corrected chi connectivity index (χ1v) is 8.72. The lowest BCUT2D eigenvalue weighted by atomic mass is 10.1. The third-order valence-corrected chi connectivity index (χ3v) is 5.76. The molecule has 1 aromatic carbocycles. The molecule has 0 amide bonds. The maximum atomic E-state index is 12.5. The van der Waals surface area contributed by atoms with Crippen molar-refractivity contribution in [1.29, 1.82) is 0 Å². The quantitative estimate of drug-likeness (QED) is 0.877. The molecule has 1 fully saturated rings. The van der Waals surface area contributed by atoms with Crippen molar-refractivity contribution < 1.29 is 8.42 Å². The number of benzene rings is 1. The van der Waals surface area contributed by atoms with Gasteiger partial charge in [-0.1, -0.05) is 25.5 Å². The van der Waals surface area contributed by atoms with Gasteiger partial charge in [-0.05, 0) is 50.4 Å². The van der Waals surface area contributed by atoms with Crippen molar-refractivity contribution in [2.45, 2.75) is 50.1 Å². The Balaban J connectivity index is 2.21. The molecule has 0 radical (unpaired) electrons. The molecule has 1 saturated carbocycles.